The van der Waals surface area contributed by atoms with Crippen LogP contribution in [0, 0.1) is 0 Å². The highest BCUT2D eigenvalue weighted by atomic mass is 32.2. The van der Waals surface area contributed by atoms with Crippen LogP contribution in [0.15, 0.2) is 30.8 Å². The first-order chi connectivity index (χ1) is 11.1. The minimum Gasteiger partial charge on any atom is -0.748 e. The van der Waals surface area contributed by atoms with E-state index in [1.54, 1.807) is 0 Å². The van der Waals surface area contributed by atoms with Crippen LogP contribution < -0.4 is 0 Å². The molecular formula is C13H9F6O5S-. The van der Waals surface area contributed by atoms with Gasteiger partial charge < -0.3 is 9.29 Å². The summed E-state index contributed by atoms with van der Waals surface area (Å²) >= 11 is 0. The normalized spacial score (nSPS) is 13.4. The van der Waals surface area contributed by atoms with Gasteiger partial charge in [0.1, 0.15) is 0 Å². The summed E-state index contributed by atoms with van der Waals surface area (Å²) in [5, 5.41) is 0. The van der Waals surface area contributed by atoms with Crippen molar-refractivity contribution in [3.63, 3.8) is 0 Å². The van der Waals surface area contributed by atoms with Gasteiger partial charge in [0, 0.05) is 0 Å². The Kier molecular flexibility index (Phi) is 5.59. The largest absolute Gasteiger partial charge is 0.748 e. The Morgan fingerprint density at radius 3 is 2.08 bits per heavy atom. The highest BCUT2D eigenvalue weighted by Crippen LogP contribution is 2.47. The fraction of sp³-hybridized carbons (Fsp3) is 0.308. The van der Waals surface area contributed by atoms with E-state index in [0.717, 1.165) is 24.3 Å². The van der Waals surface area contributed by atoms with E-state index in [-0.39, 0.29) is 5.56 Å². The third-order valence-electron chi connectivity index (χ3n) is 2.92. The number of rotatable bonds is 5. The summed E-state index contributed by atoms with van der Waals surface area (Å²) in [5.74, 6) is -5.15. The van der Waals surface area contributed by atoms with Gasteiger partial charge in [-0.2, -0.15) is 26.3 Å². The molecule has 0 amide bonds. The quantitative estimate of drug-likeness (QED) is 0.438. The number of esters is 1. The Labute approximate surface area is 137 Å². The van der Waals surface area contributed by atoms with Crippen molar-refractivity contribution in [2.75, 3.05) is 5.75 Å². The number of hydrogen-bond acceptors (Lipinski definition) is 5. The smallest absolute Gasteiger partial charge is 0.438 e. The molecule has 0 aliphatic carbocycles. The zero-order valence-electron chi connectivity index (χ0n) is 12.0. The summed E-state index contributed by atoms with van der Waals surface area (Å²) in [6.07, 6.45) is -11.7. The topological polar surface area (TPSA) is 83.5 Å². The van der Waals surface area contributed by atoms with Gasteiger partial charge in [0.2, 0.25) is 0 Å². The van der Waals surface area contributed by atoms with Crippen molar-refractivity contribution in [2.45, 2.75) is 18.0 Å². The first-order valence-corrected chi connectivity index (χ1v) is 7.73. The summed E-state index contributed by atoms with van der Waals surface area (Å²) < 4.78 is 113. The Morgan fingerprint density at radius 1 is 1.16 bits per heavy atom. The van der Waals surface area contributed by atoms with Crippen LogP contribution >= 0.6 is 0 Å². The molecule has 0 aliphatic rings. The van der Waals surface area contributed by atoms with Gasteiger partial charge in [-0.05, 0) is 17.7 Å². The summed E-state index contributed by atoms with van der Waals surface area (Å²) in [6.45, 7) is 3.30. The van der Waals surface area contributed by atoms with Gasteiger partial charge in [0.05, 0.1) is 21.4 Å². The van der Waals surface area contributed by atoms with Crippen molar-refractivity contribution in [1.82, 2.24) is 0 Å². The molecule has 0 unspecified atom stereocenters. The maximum absolute atomic E-state index is 13.0. The number of benzene rings is 1. The highest BCUT2D eigenvalue weighted by Gasteiger charge is 2.75. The minimum atomic E-state index is -6.41. The zero-order valence-corrected chi connectivity index (χ0v) is 12.8. The molecule has 0 aliphatic heterocycles. The minimum absolute atomic E-state index is 0.176. The van der Waals surface area contributed by atoms with E-state index in [9.17, 15) is 44.1 Å². The third-order valence-corrected chi connectivity index (χ3v) is 3.68. The molecule has 0 radical (unpaired) electrons. The highest BCUT2D eigenvalue weighted by molar-refractivity contribution is 7.85. The summed E-state index contributed by atoms with van der Waals surface area (Å²) in [6, 6.07) is 4.19. The Hall–Kier alpha value is -2.08. The fourth-order valence-electron chi connectivity index (χ4n) is 1.73. The van der Waals surface area contributed by atoms with Crippen molar-refractivity contribution in [3.05, 3.63) is 42.0 Å². The third kappa shape index (κ3) is 4.72. The monoisotopic (exact) mass is 391 g/mol. The maximum Gasteiger partial charge on any atom is 0.438 e. The molecule has 0 atom stereocenters. The number of alkyl halides is 6. The van der Waals surface area contributed by atoms with E-state index in [1.165, 1.54) is 6.07 Å². The van der Waals surface area contributed by atoms with E-state index in [2.05, 4.69) is 11.3 Å². The molecule has 0 spiro atoms. The van der Waals surface area contributed by atoms with Gasteiger partial charge in [0.15, 0.2) is 0 Å². The van der Waals surface area contributed by atoms with Gasteiger partial charge in [-0.1, -0.05) is 24.8 Å². The van der Waals surface area contributed by atoms with Crippen LogP contribution in [0.2, 0.25) is 0 Å². The average molecular weight is 391 g/mol. The first kappa shape index (κ1) is 21.0. The lowest BCUT2D eigenvalue weighted by molar-refractivity contribution is -0.356. The van der Waals surface area contributed by atoms with Crippen LogP contribution in [-0.4, -0.2) is 42.6 Å². The van der Waals surface area contributed by atoms with Crippen LogP contribution in [0.4, 0.5) is 26.3 Å². The molecule has 1 aromatic carbocycles. The van der Waals surface area contributed by atoms with Gasteiger partial charge in [-0.3, -0.25) is 0 Å². The van der Waals surface area contributed by atoms with Crippen LogP contribution in [0.25, 0.3) is 6.08 Å². The lowest BCUT2D eigenvalue weighted by Gasteiger charge is -2.36. The van der Waals surface area contributed by atoms with E-state index >= 15 is 0 Å². The molecule has 12 heteroatoms. The molecule has 1 rings (SSSR count). The first-order valence-electron chi connectivity index (χ1n) is 6.16. The lowest BCUT2D eigenvalue weighted by Crippen LogP contribution is -2.63. The second-order valence-corrected chi connectivity index (χ2v) is 6.15. The van der Waals surface area contributed by atoms with Crippen LogP contribution in [0.5, 0.6) is 0 Å². The molecule has 0 heterocycles. The van der Waals surface area contributed by atoms with Gasteiger partial charge >= 0.3 is 23.9 Å². The number of halogens is 6. The van der Waals surface area contributed by atoms with Crippen molar-refractivity contribution in [3.8, 4) is 0 Å². The van der Waals surface area contributed by atoms with Crippen molar-refractivity contribution in [1.29, 1.82) is 0 Å². The molecular weight excluding hydrogens is 382 g/mol. The molecule has 0 aromatic heterocycles. The number of hydrogen-bond donors (Lipinski definition) is 0. The van der Waals surface area contributed by atoms with Gasteiger partial charge in [-0.15, -0.1) is 0 Å². The van der Waals surface area contributed by atoms with E-state index < -0.39 is 45.4 Å². The molecule has 5 nitrogen and oxygen atoms in total. The second kappa shape index (κ2) is 6.67. The second-order valence-electron chi connectivity index (χ2n) is 4.74. The molecule has 0 fully saturated rings. The van der Waals surface area contributed by atoms with Crippen molar-refractivity contribution >= 4 is 22.2 Å². The van der Waals surface area contributed by atoms with Crippen LogP contribution in [0.1, 0.15) is 15.9 Å². The van der Waals surface area contributed by atoms with Gasteiger partial charge in [-0.25, -0.2) is 13.2 Å². The van der Waals surface area contributed by atoms with Crippen LogP contribution in [0.3, 0.4) is 0 Å². The molecule has 0 N–H and O–H groups in total. The molecule has 1 aromatic rings. The summed E-state index contributed by atoms with van der Waals surface area (Å²) in [5.41, 5.74) is -6.05. The SMILES string of the molecule is C=Cc1cccc(C(=O)OC(CS(=O)(=O)[O-])(C(F)(F)F)C(F)(F)F)c1. The van der Waals surface area contributed by atoms with Crippen molar-refractivity contribution in [2.24, 2.45) is 0 Å². The predicted octanol–water partition coefficient (Wildman–Crippen LogP) is 2.90. The molecule has 140 valence electrons. The van der Waals surface area contributed by atoms with Crippen molar-refractivity contribution < 1.29 is 48.8 Å². The zero-order chi connectivity index (χ0) is 19.7. The standard InChI is InChI=1S/C13H10F6O5S/c1-2-8-4-3-5-9(6-8)10(20)24-11(12(14,15)16,13(17,18)19)7-25(21,22)23/h2-6H,1,7H2,(H,21,22,23)/p-1. The molecule has 25 heavy (non-hydrogen) atoms. The Morgan fingerprint density at radius 2 is 1.68 bits per heavy atom. The fourth-order valence-corrected chi connectivity index (χ4v) is 2.61. The van der Waals surface area contributed by atoms with E-state index in [0.29, 0.717) is 0 Å². The van der Waals surface area contributed by atoms with E-state index in [1.807, 2.05) is 0 Å². The van der Waals surface area contributed by atoms with E-state index in [4.69, 9.17) is 0 Å². The summed E-state index contributed by atoms with van der Waals surface area (Å²) in [4.78, 5) is 11.8. The molecule has 0 saturated carbocycles. The Balaban J connectivity index is 3.46. The number of carbonyl (C=O) groups excluding carboxylic acids is 1. The Bertz CT molecular complexity index is 752. The molecule has 0 saturated heterocycles. The average Bonchev–Trinajstić information content (AvgIpc) is 2.42. The predicted molar refractivity (Wildman–Crippen MR) is 71.4 cm³/mol. The maximum atomic E-state index is 13.0. The molecule has 0 bridgehead atoms. The lowest BCUT2D eigenvalue weighted by atomic mass is 10.0. The number of carbonyl (C=O) groups is 1. The number of ether oxygens (including phenoxy) is 1. The van der Waals surface area contributed by atoms with Crippen LogP contribution in [-0.2, 0) is 14.9 Å². The van der Waals surface area contributed by atoms with Gasteiger partial charge in [0.25, 0.3) is 0 Å². The summed E-state index contributed by atoms with van der Waals surface area (Å²) in [7, 11) is -6.07.